The lowest BCUT2D eigenvalue weighted by Gasteiger charge is -2.17. The topological polar surface area (TPSA) is 52.6 Å². The maximum absolute atomic E-state index is 13.0. The lowest BCUT2D eigenvalue weighted by molar-refractivity contribution is -0.146. The van der Waals surface area contributed by atoms with Gasteiger partial charge in [-0.2, -0.15) is 0 Å². The number of benzene rings is 2. The number of carbonyl (C=O) groups is 2. The second-order valence-corrected chi connectivity index (χ2v) is 6.73. The monoisotopic (exact) mass is 372 g/mol. The van der Waals surface area contributed by atoms with E-state index in [1.165, 1.54) is 0 Å². The van der Waals surface area contributed by atoms with E-state index in [4.69, 9.17) is 21.1 Å². The van der Waals surface area contributed by atoms with E-state index >= 15 is 0 Å². The van der Waals surface area contributed by atoms with Crippen molar-refractivity contribution >= 4 is 23.4 Å². The summed E-state index contributed by atoms with van der Waals surface area (Å²) in [6, 6.07) is 16.5. The summed E-state index contributed by atoms with van der Waals surface area (Å²) in [6.45, 7) is 2.07. The summed E-state index contributed by atoms with van der Waals surface area (Å²) in [5, 5.41) is 0.645. The Labute approximate surface area is 158 Å². The molecule has 1 heterocycles. The second kappa shape index (κ2) is 8.47. The summed E-state index contributed by atoms with van der Waals surface area (Å²) in [5.41, 5.74) is 1.58. The minimum atomic E-state index is -0.498. The third kappa shape index (κ3) is 4.32. The number of ketones is 1. The van der Waals surface area contributed by atoms with E-state index in [2.05, 4.69) is 0 Å². The summed E-state index contributed by atoms with van der Waals surface area (Å²) in [4.78, 5) is 24.9. The molecular weight excluding hydrogens is 352 g/mol. The number of carbonyl (C=O) groups excluding carboxylic acids is 2. The van der Waals surface area contributed by atoms with Crippen LogP contribution in [0.15, 0.2) is 54.6 Å². The van der Waals surface area contributed by atoms with Gasteiger partial charge in [0.25, 0.3) is 0 Å². The molecule has 2 aromatic rings. The number of Topliss-reactive ketones (excluding diaryl/α,β-unsaturated/α-hetero) is 1. The molecule has 3 atom stereocenters. The van der Waals surface area contributed by atoms with Crippen LogP contribution in [-0.2, 0) is 14.3 Å². The van der Waals surface area contributed by atoms with Crippen LogP contribution >= 0.6 is 11.6 Å². The Morgan fingerprint density at radius 2 is 1.81 bits per heavy atom. The van der Waals surface area contributed by atoms with Gasteiger partial charge in [-0.05, 0) is 31.0 Å². The first-order valence-corrected chi connectivity index (χ1v) is 9.12. The van der Waals surface area contributed by atoms with Crippen molar-refractivity contribution in [3.05, 3.63) is 70.7 Å². The standard InChI is InChI=1S/C21H21ClO4/c1-2-25-20(23)13-19-17(21(24)15-6-4-3-5-7-15)12-18(26-19)14-8-10-16(22)11-9-14/h3-11,17-19H,2,12-13H2,1H3/t17-,18+,19+/m1/s1. The van der Waals surface area contributed by atoms with Gasteiger partial charge in [-0.3, -0.25) is 9.59 Å². The molecule has 136 valence electrons. The average molecular weight is 373 g/mol. The van der Waals surface area contributed by atoms with Crippen molar-refractivity contribution in [3.8, 4) is 0 Å². The Balaban J connectivity index is 1.82. The first kappa shape index (κ1) is 18.6. The van der Waals surface area contributed by atoms with E-state index in [1.54, 1.807) is 31.2 Å². The lowest BCUT2D eigenvalue weighted by atomic mass is 9.88. The Kier molecular flexibility index (Phi) is 6.07. The lowest BCUT2D eigenvalue weighted by Crippen LogP contribution is -2.27. The van der Waals surface area contributed by atoms with Crippen LogP contribution in [0.4, 0.5) is 0 Å². The Bertz CT molecular complexity index is 757. The van der Waals surface area contributed by atoms with Crippen molar-refractivity contribution in [2.24, 2.45) is 5.92 Å². The fraction of sp³-hybridized carbons (Fsp3) is 0.333. The number of esters is 1. The third-order valence-electron chi connectivity index (χ3n) is 4.57. The molecule has 0 amide bonds. The molecular formula is C21H21ClO4. The van der Waals surface area contributed by atoms with Crippen LogP contribution in [0.1, 0.15) is 41.8 Å². The minimum absolute atomic E-state index is 0.00337. The fourth-order valence-corrected chi connectivity index (χ4v) is 3.43. The minimum Gasteiger partial charge on any atom is -0.466 e. The van der Waals surface area contributed by atoms with Gasteiger partial charge in [0.1, 0.15) is 0 Å². The Morgan fingerprint density at radius 3 is 2.46 bits per heavy atom. The van der Waals surface area contributed by atoms with Crippen LogP contribution in [-0.4, -0.2) is 24.5 Å². The highest BCUT2D eigenvalue weighted by atomic mass is 35.5. The molecule has 1 fully saturated rings. The molecule has 0 aromatic heterocycles. The van der Waals surface area contributed by atoms with Crippen molar-refractivity contribution in [1.82, 2.24) is 0 Å². The quantitative estimate of drug-likeness (QED) is 0.548. The van der Waals surface area contributed by atoms with E-state index in [-0.39, 0.29) is 30.2 Å². The van der Waals surface area contributed by atoms with Crippen LogP contribution < -0.4 is 0 Å². The first-order chi connectivity index (χ1) is 12.6. The summed E-state index contributed by atoms with van der Waals surface area (Å²) >= 11 is 5.95. The van der Waals surface area contributed by atoms with Gasteiger partial charge < -0.3 is 9.47 Å². The Hall–Kier alpha value is -2.17. The van der Waals surface area contributed by atoms with Crippen molar-refractivity contribution < 1.29 is 19.1 Å². The first-order valence-electron chi connectivity index (χ1n) is 8.74. The van der Waals surface area contributed by atoms with Gasteiger partial charge in [0.05, 0.1) is 31.2 Å². The molecule has 0 saturated carbocycles. The fourth-order valence-electron chi connectivity index (χ4n) is 3.30. The zero-order chi connectivity index (χ0) is 18.5. The van der Waals surface area contributed by atoms with Gasteiger partial charge in [-0.1, -0.05) is 54.1 Å². The zero-order valence-electron chi connectivity index (χ0n) is 14.6. The molecule has 0 bridgehead atoms. The van der Waals surface area contributed by atoms with Crippen LogP contribution in [0.5, 0.6) is 0 Å². The maximum atomic E-state index is 13.0. The van der Waals surface area contributed by atoms with Crippen LogP contribution in [0.2, 0.25) is 5.02 Å². The van der Waals surface area contributed by atoms with Crippen LogP contribution in [0.25, 0.3) is 0 Å². The molecule has 1 aliphatic rings. The molecule has 0 radical (unpaired) electrons. The summed E-state index contributed by atoms with van der Waals surface area (Å²) in [6.07, 6.45) is -0.146. The summed E-state index contributed by atoms with van der Waals surface area (Å²) in [5.74, 6) is -0.737. The molecule has 3 rings (SSSR count). The second-order valence-electron chi connectivity index (χ2n) is 6.30. The van der Waals surface area contributed by atoms with E-state index in [0.717, 1.165) is 5.56 Å². The van der Waals surface area contributed by atoms with E-state index in [1.807, 2.05) is 30.3 Å². The SMILES string of the molecule is CCOC(=O)C[C@@H]1O[C@H](c2ccc(Cl)cc2)C[C@H]1C(=O)c1ccccc1. The van der Waals surface area contributed by atoms with Gasteiger partial charge in [-0.15, -0.1) is 0 Å². The van der Waals surface area contributed by atoms with Crippen molar-refractivity contribution in [3.63, 3.8) is 0 Å². The largest absolute Gasteiger partial charge is 0.466 e. The van der Waals surface area contributed by atoms with Crippen LogP contribution in [0.3, 0.4) is 0 Å². The molecule has 0 N–H and O–H groups in total. The van der Waals surface area contributed by atoms with Crippen molar-refractivity contribution in [1.29, 1.82) is 0 Å². The number of halogens is 1. The van der Waals surface area contributed by atoms with Gasteiger partial charge in [0, 0.05) is 10.6 Å². The molecule has 2 aromatic carbocycles. The third-order valence-corrected chi connectivity index (χ3v) is 4.82. The van der Waals surface area contributed by atoms with Crippen molar-refractivity contribution in [2.45, 2.75) is 32.0 Å². The predicted molar refractivity (Wildman–Crippen MR) is 99.2 cm³/mol. The van der Waals surface area contributed by atoms with Crippen molar-refractivity contribution in [2.75, 3.05) is 6.61 Å². The molecule has 1 aliphatic heterocycles. The highest BCUT2D eigenvalue weighted by Crippen LogP contribution is 2.40. The molecule has 0 unspecified atom stereocenters. The van der Waals surface area contributed by atoms with Gasteiger partial charge in [0.2, 0.25) is 0 Å². The van der Waals surface area contributed by atoms with Gasteiger partial charge in [0.15, 0.2) is 5.78 Å². The highest BCUT2D eigenvalue weighted by molar-refractivity contribution is 6.30. The molecule has 0 spiro atoms. The number of hydrogen-bond donors (Lipinski definition) is 0. The number of rotatable bonds is 6. The maximum Gasteiger partial charge on any atom is 0.308 e. The molecule has 26 heavy (non-hydrogen) atoms. The highest BCUT2D eigenvalue weighted by Gasteiger charge is 2.41. The van der Waals surface area contributed by atoms with E-state index in [9.17, 15) is 9.59 Å². The van der Waals surface area contributed by atoms with Crippen LogP contribution in [0, 0.1) is 5.92 Å². The molecule has 1 saturated heterocycles. The number of ether oxygens (including phenoxy) is 2. The molecule has 5 heteroatoms. The van der Waals surface area contributed by atoms with Gasteiger partial charge >= 0.3 is 5.97 Å². The van der Waals surface area contributed by atoms with E-state index < -0.39 is 6.10 Å². The zero-order valence-corrected chi connectivity index (χ0v) is 15.3. The summed E-state index contributed by atoms with van der Waals surface area (Å²) in [7, 11) is 0. The summed E-state index contributed by atoms with van der Waals surface area (Å²) < 4.78 is 11.1. The Morgan fingerprint density at radius 1 is 1.12 bits per heavy atom. The molecule has 0 aliphatic carbocycles. The predicted octanol–water partition coefficient (Wildman–Crippen LogP) is 4.62. The van der Waals surface area contributed by atoms with E-state index in [0.29, 0.717) is 23.6 Å². The molecule has 4 nitrogen and oxygen atoms in total. The smallest absolute Gasteiger partial charge is 0.308 e. The number of hydrogen-bond acceptors (Lipinski definition) is 4. The normalized spacial score (nSPS) is 22.2. The average Bonchev–Trinajstić information content (AvgIpc) is 3.06. The van der Waals surface area contributed by atoms with Gasteiger partial charge in [-0.25, -0.2) is 0 Å².